The monoisotopic (exact) mass is 1200 g/mol. The minimum absolute atomic E-state index is 0.255. The summed E-state index contributed by atoms with van der Waals surface area (Å²) in [6.07, 6.45) is 61.0. The highest BCUT2D eigenvalue weighted by Gasteiger charge is 2.51. The maximum Gasteiger partial charge on any atom is 0.220 e. The Bertz CT molecular complexity index is 1800. The second-order valence-electron chi connectivity index (χ2n) is 23.5. The van der Waals surface area contributed by atoms with Gasteiger partial charge in [0.1, 0.15) is 48.8 Å². The van der Waals surface area contributed by atoms with E-state index in [9.17, 15) is 45.6 Å². The fourth-order valence-electron chi connectivity index (χ4n) is 10.7. The van der Waals surface area contributed by atoms with Gasteiger partial charge in [-0.05, 0) is 83.5 Å². The summed E-state index contributed by atoms with van der Waals surface area (Å²) < 4.78 is 22.7. The van der Waals surface area contributed by atoms with Crippen molar-refractivity contribution in [3.05, 3.63) is 97.2 Å². The average molecular weight is 1200 g/mol. The summed E-state index contributed by atoms with van der Waals surface area (Å²) in [6.45, 7) is 2.53. The van der Waals surface area contributed by atoms with Crippen LogP contribution in [0.4, 0.5) is 0 Å². The first-order valence-electron chi connectivity index (χ1n) is 34.0. The minimum atomic E-state index is -1.79. The van der Waals surface area contributed by atoms with Crippen molar-refractivity contribution in [1.82, 2.24) is 5.32 Å². The van der Waals surface area contributed by atoms with Gasteiger partial charge in [0.15, 0.2) is 12.6 Å². The molecule has 0 aromatic carbocycles. The lowest BCUT2D eigenvalue weighted by atomic mass is 9.97. The number of carbonyl (C=O) groups is 1. The molecule has 0 saturated carbocycles. The second kappa shape index (κ2) is 55.0. The number of allylic oxidation sites excluding steroid dienone is 15. The third-order valence-corrected chi connectivity index (χ3v) is 16.0. The standard InChI is InChI=1S/C71H123NO13/c1-3-5-7-9-11-13-15-16-17-18-19-20-21-22-23-24-25-26-27-28-29-30-31-32-33-34-35-36-37-38-39-40-41-42-43-44-45-47-49-51-53-55-63(76)72-59(60(75)54-52-50-48-46-14-12-10-8-6-4-2)58-82-70-68(81)66(79)69(62(57-74)84-70)85-71-67(80)65(78)64(77)61(56-73)83-71/h5-8,11,13-14,16-17,19-20,22-23,46,52,54,59-62,64-71,73-75,77-81H,3-4,9-10,12,15,18,21,24-45,47-51,53,55-58H2,1-2H3,(H,72,76)/b7-5-,8-6+,13-11-,17-16-,20-19-,23-22-,46-14+,54-52+. The number of amides is 1. The molecule has 2 saturated heterocycles. The molecule has 0 radical (unpaired) electrons. The molecule has 12 unspecified atom stereocenters. The summed E-state index contributed by atoms with van der Waals surface area (Å²) in [4.78, 5) is 13.2. The Morgan fingerprint density at radius 2 is 0.788 bits per heavy atom. The van der Waals surface area contributed by atoms with E-state index in [2.05, 4.69) is 104 Å². The van der Waals surface area contributed by atoms with E-state index in [1.165, 1.54) is 141 Å². The van der Waals surface area contributed by atoms with Gasteiger partial charge in [0.05, 0.1) is 32.0 Å². The number of rotatable bonds is 54. The third-order valence-electron chi connectivity index (χ3n) is 16.0. The van der Waals surface area contributed by atoms with E-state index in [1.54, 1.807) is 6.08 Å². The number of carbonyl (C=O) groups excluding carboxylic acids is 1. The molecule has 2 fully saturated rings. The van der Waals surface area contributed by atoms with E-state index in [4.69, 9.17) is 18.9 Å². The van der Waals surface area contributed by atoms with Crippen LogP contribution in [0.3, 0.4) is 0 Å². The lowest BCUT2D eigenvalue weighted by molar-refractivity contribution is -0.359. The summed E-state index contributed by atoms with van der Waals surface area (Å²) in [5.74, 6) is -0.255. The predicted octanol–water partition coefficient (Wildman–Crippen LogP) is 13.4. The molecule has 490 valence electrons. The van der Waals surface area contributed by atoms with Gasteiger partial charge in [0.2, 0.25) is 5.91 Å². The van der Waals surface area contributed by atoms with E-state index in [0.29, 0.717) is 12.8 Å². The molecule has 2 heterocycles. The van der Waals surface area contributed by atoms with Gasteiger partial charge in [-0.15, -0.1) is 0 Å². The smallest absolute Gasteiger partial charge is 0.220 e. The second-order valence-corrected chi connectivity index (χ2v) is 23.5. The molecule has 0 bridgehead atoms. The summed E-state index contributed by atoms with van der Waals surface area (Å²) in [6, 6.07) is -0.938. The molecule has 14 heteroatoms. The van der Waals surface area contributed by atoms with E-state index in [-0.39, 0.29) is 18.9 Å². The quantitative estimate of drug-likeness (QED) is 0.0204. The zero-order chi connectivity index (χ0) is 61.6. The summed E-state index contributed by atoms with van der Waals surface area (Å²) in [7, 11) is 0. The molecule has 0 spiro atoms. The van der Waals surface area contributed by atoms with Gasteiger partial charge in [-0.1, -0.05) is 259 Å². The van der Waals surface area contributed by atoms with Crippen LogP contribution in [-0.4, -0.2) is 140 Å². The molecular weight excluding hydrogens is 1070 g/mol. The normalized spacial score (nSPS) is 24.2. The van der Waals surface area contributed by atoms with Crippen molar-refractivity contribution in [1.29, 1.82) is 0 Å². The molecule has 2 aliphatic rings. The summed E-state index contributed by atoms with van der Waals surface area (Å²) in [5.41, 5.74) is 0. The number of nitrogens with one attached hydrogen (secondary N) is 1. The minimum Gasteiger partial charge on any atom is -0.394 e. The van der Waals surface area contributed by atoms with Gasteiger partial charge in [-0.25, -0.2) is 0 Å². The van der Waals surface area contributed by atoms with Gasteiger partial charge in [-0.3, -0.25) is 4.79 Å². The highest BCUT2D eigenvalue weighted by Crippen LogP contribution is 2.30. The van der Waals surface area contributed by atoms with Crippen LogP contribution in [-0.2, 0) is 23.7 Å². The molecule has 2 aliphatic heterocycles. The molecular formula is C71H123NO13. The average Bonchev–Trinajstić information content (AvgIpc) is 2.93. The molecule has 0 aromatic rings. The number of aliphatic hydroxyl groups excluding tert-OH is 8. The fourth-order valence-corrected chi connectivity index (χ4v) is 10.7. The third kappa shape index (κ3) is 39.5. The molecule has 14 nitrogen and oxygen atoms in total. The van der Waals surface area contributed by atoms with Crippen LogP contribution in [0.25, 0.3) is 0 Å². The molecule has 9 N–H and O–H groups in total. The lowest BCUT2D eigenvalue weighted by Gasteiger charge is -2.46. The Balaban J connectivity index is 1.52. The zero-order valence-corrected chi connectivity index (χ0v) is 53.1. The number of aliphatic hydroxyl groups is 8. The van der Waals surface area contributed by atoms with Crippen LogP contribution in [0.1, 0.15) is 251 Å². The van der Waals surface area contributed by atoms with Crippen molar-refractivity contribution in [3.8, 4) is 0 Å². The van der Waals surface area contributed by atoms with E-state index >= 15 is 0 Å². The maximum atomic E-state index is 13.2. The van der Waals surface area contributed by atoms with Crippen molar-refractivity contribution < 1.29 is 64.6 Å². The Kier molecular flexibility index (Phi) is 50.5. The van der Waals surface area contributed by atoms with Gasteiger partial charge in [-0.2, -0.15) is 0 Å². The van der Waals surface area contributed by atoms with Crippen LogP contribution >= 0.6 is 0 Å². The molecule has 85 heavy (non-hydrogen) atoms. The highest BCUT2D eigenvalue weighted by atomic mass is 16.7. The number of ether oxygens (including phenoxy) is 4. The number of unbranched alkanes of at least 4 members (excludes halogenated alkanes) is 27. The summed E-state index contributed by atoms with van der Waals surface area (Å²) in [5, 5.41) is 86.9. The lowest BCUT2D eigenvalue weighted by Crippen LogP contribution is -2.65. The Hall–Kier alpha value is -3.09. The Morgan fingerprint density at radius 1 is 0.424 bits per heavy atom. The Morgan fingerprint density at radius 3 is 1.25 bits per heavy atom. The van der Waals surface area contributed by atoms with Crippen molar-refractivity contribution in [3.63, 3.8) is 0 Å². The topological polar surface area (TPSA) is 228 Å². The first-order chi connectivity index (χ1) is 41.6. The van der Waals surface area contributed by atoms with Crippen molar-refractivity contribution in [2.45, 2.75) is 325 Å². The number of hydrogen-bond acceptors (Lipinski definition) is 13. The van der Waals surface area contributed by atoms with Gasteiger partial charge in [0.25, 0.3) is 0 Å². The van der Waals surface area contributed by atoms with Crippen LogP contribution < -0.4 is 5.32 Å². The van der Waals surface area contributed by atoms with Crippen molar-refractivity contribution >= 4 is 5.91 Å². The fraction of sp³-hybridized carbons (Fsp3) is 0.761. The van der Waals surface area contributed by atoms with Crippen molar-refractivity contribution in [2.75, 3.05) is 19.8 Å². The Labute approximate surface area is 515 Å². The SMILES string of the molecule is CC/C=C\C/C=C\C/C=C\C/C=C\C/C=C\CCCCCCCCCCCCCCCCCCCCCCCCCCCC(=O)NC(COC1OC(CO)C(OC2OC(CO)C(O)C(O)C2O)C(O)C1O)C(O)/C=C/CC/C=C/CC/C=C/CC. The molecule has 0 aliphatic carbocycles. The zero-order valence-electron chi connectivity index (χ0n) is 53.1. The van der Waals surface area contributed by atoms with Gasteiger partial charge in [0, 0.05) is 6.42 Å². The first kappa shape index (κ1) is 78.0. The van der Waals surface area contributed by atoms with Gasteiger partial charge < -0.3 is 65.1 Å². The highest BCUT2D eigenvalue weighted by molar-refractivity contribution is 5.76. The van der Waals surface area contributed by atoms with Crippen LogP contribution in [0.5, 0.6) is 0 Å². The molecule has 1 amide bonds. The largest absolute Gasteiger partial charge is 0.394 e. The van der Waals surface area contributed by atoms with E-state index in [1.807, 2.05) is 6.08 Å². The van der Waals surface area contributed by atoms with Crippen molar-refractivity contribution in [2.24, 2.45) is 0 Å². The molecule has 12 atom stereocenters. The van der Waals surface area contributed by atoms with Crippen LogP contribution in [0, 0.1) is 0 Å². The van der Waals surface area contributed by atoms with E-state index in [0.717, 1.165) is 77.0 Å². The molecule has 2 rings (SSSR count). The summed E-state index contributed by atoms with van der Waals surface area (Å²) >= 11 is 0. The predicted molar refractivity (Wildman–Crippen MR) is 346 cm³/mol. The molecule has 0 aromatic heterocycles. The van der Waals surface area contributed by atoms with Crippen LogP contribution in [0.2, 0.25) is 0 Å². The number of hydrogen-bond donors (Lipinski definition) is 9. The first-order valence-corrected chi connectivity index (χ1v) is 34.0. The van der Waals surface area contributed by atoms with E-state index < -0.39 is 86.8 Å². The maximum absolute atomic E-state index is 13.2. The van der Waals surface area contributed by atoms with Crippen LogP contribution in [0.15, 0.2) is 97.2 Å². The van der Waals surface area contributed by atoms with Gasteiger partial charge >= 0.3 is 0 Å².